The molecule has 1 N–H and O–H groups in total. The molecule has 1 amide bonds. The molecule has 0 aromatic heterocycles. The molecule has 2 aromatic carbocycles. The Morgan fingerprint density at radius 1 is 1.17 bits per heavy atom. The summed E-state index contributed by atoms with van der Waals surface area (Å²) in [6.07, 6.45) is 2.99. The van der Waals surface area contributed by atoms with E-state index < -0.39 is 0 Å². The molecule has 1 heterocycles. The lowest BCUT2D eigenvalue weighted by Crippen LogP contribution is -2.44. The number of carbonyl (C=O) groups is 1. The maximum absolute atomic E-state index is 12.2. The van der Waals surface area contributed by atoms with Crippen LogP contribution < -0.4 is 14.8 Å². The van der Waals surface area contributed by atoms with Gasteiger partial charge in [-0.3, -0.25) is 9.69 Å². The Hall–Kier alpha value is -1.95. The van der Waals surface area contributed by atoms with Crippen LogP contribution in [0.3, 0.4) is 0 Å². The summed E-state index contributed by atoms with van der Waals surface area (Å²) in [5.41, 5.74) is 1.25. The molecule has 1 aliphatic heterocycles. The molecule has 0 bridgehead atoms. The molecule has 30 heavy (non-hydrogen) atoms. The van der Waals surface area contributed by atoms with Gasteiger partial charge in [0.2, 0.25) is 5.91 Å². The molecular formula is C23H28Cl2N2O3. The van der Waals surface area contributed by atoms with Crippen LogP contribution in [0.4, 0.5) is 0 Å². The van der Waals surface area contributed by atoms with Crippen LogP contribution in [0.2, 0.25) is 10.0 Å². The Kier molecular flexibility index (Phi) is 8.67. The molecule has 1 fully saturated rings. The standard InChI is InChI=1S/C23H28Cl2N2O3/c1-29-19-6-2-5-17(15-19)16-27-12-10-18(11-13-27)26-22(28)9-4-14-30-21-8-3-7-20(24)23(21)25/h2-3,5-8,15,18H,4,9-14,16H2,1H3,(H,26,28). The molecule has 162 valence electrons. The molecule has 0 radical (unpaired) electrons. The van der Waals surface area contributed by atoms with Crippen LogP contribution in [0.1, 0.15) is 31.2 Å². The Labute approximate surface area is 188 Å². The normalized spacial score (nSPS) is 15.0. The van der Waals surface area contributed by atoms with Crippen molar-refractivity contribution in [2.45, 2.75) is 38.3 Å². The van der Waals surface area contributed by atoms with E-state index >= 15 is 0 Å². The van der Waals surface area contributed by atoms with E-state index in [1.165, 1.54) is 5.56 Å². The maximum Gasteiger partial charge on any atom is 0.220 e. The third-order valence-corrected chi connectivity index (χ3v) is 6.02. The van der Waals surface area contributed by atoms with E-state index in [4.69, 9.17) is 32.7 Å². The smallest absolute Gasteiger partial charge is 0.220 e. The second-order valence-electron chi connectivity index (χ2n) is 7.47. The Morgan fingerprint density at radius 3 is 2.70 bits per heavy atom. The number of halogens is 2. The predicted molar refractivity (Wildman–Crippen MR) is 121 cm³/mol. The first-order chi connectivity index (χ1) is 14.5. The Morgan fingerprint density at radius 2 is 1.93 bits per heavy atom. The van der Waals surface area contributed by atoms with Crippen molar-refractivity contribution in [3.05, 3.63) is 58.1 Å². The van der Waals surface area contributed by atoms with Gasteiger partial charge < -0.3 is 14.8 Å². The number of methoxy groups -OCH3 is 1. The topological polar surface area (TPSA) is 50.8 Å². The minimum absolute atomic E-state index is 0.0713. The van der Waals surface area contributed by atoms with Crippen LogP contribution in [-0.4, -0.2) is 43.7 Å². The van der Waals surface area contributed by atoms with E-state index in [1.807, 2.05) is 12.1 Å². The SMILES string of the molecule is COc1cccc(CN2CCC(NC(=O)CCCOc3cccc(Cl)c3Cl)CC2)c1. The summed E-state index contributed by atoms with van der Waals surface area (Å²) >= 11 is 12.1. The molecule has 7 heteroatoms. The van der Waals surface area contributed by atoms with Crippen molar-refractivity contribution in [1.29, 1.82) is 0 Å². The first-order valence-corrected chi connectivity index (χ1v) is 11.0. The number of benzene rings is 2. The zero-order valence-corrected chi connectivity index (χ0v) is 18.7. The molecule has 1 aliphatic rings. The van der Waals surface area contributed by atoms with Crippen LogP contribution in [0, 0.1) is 0 Å². The molecule has 0 atom stereocenters. The summed E-state index contributed by atoms with van der Waals surface area (Å²) in [4.78, 5) is 14.7. The quantitative estimate of drug-likeness (QED) is 0.549. The number of hydrogen-bond acceptors (Lipinski definition) is 4. The highest BCUT2D eigenvalue weighted by Gasteiger charge is 2.20. The Balaban J connectivity index is 1.32. The zero-order valence-electron chi connectivity index (χ0n) is 17.2. The van der Waals surface area contributed by atoms with E-state index in [9.17, 15) is 4.79 Å². The third-order valence-electron chi connectivity index (χ3n) is 5.21. The lowest BCUT2D eigenvalue weighted by molar-refractivity contribution is -0.122. The van der Waals surface area contributed by atoms with E-state index in [2.05, 4.69) is 22.3 Å². The molecular weight excluding hydrogens is 423 g/mol. The van der Waals surface area contributed by atoms with E-state index in [0.717, 1.165) is 38.2 Å². The number of nitrogens with zero attached hydrogens (tertiary/aromatic N) is 1. The Bertz CT molecular complexity index is 839. The van der Waals surface area contributed by atoms with Crippen LogP contribution in [0.5, 0.6) is 11.5 Å². The fourth-order valence-electron chi connectivity index (χ4n) is 3.57. The van der Waals surface area contributed by atoms with Gasteiger partial charge in [-0.2, -0.15) is 0 Å². The number of piperidine rings is 1. The lowest BCUT2D eigenvalue weighted by Gasteiger charge is -2.32. The molecule has 0 unspecified atom stereocenters. The summed E-state index contributed by atoms with van der Waals surface area (Å²) in [7, 11) is 1.69. The molecule has 0 spiro atoms. The van der Waals surface area contributed by atoms with Crippen molar-refractivity contribution in [1.82, 2.24) is 10.2 Å². The third kappa shape index (κ3) is 6.79. The van der Waals surface area contributed by atoms with Gasteiger partial charge in [0, 0.05) is 32.1 Å². The monoisotopic (exact) mass is 450 g/mol. The number of nitrogens with one attached hydrogen (secondary N) is 1. The highest BCUT2D eigenvalue weighted by atomic mass is 35.5. The average molecular weight is 451 g/mol. The van der Waals surface area contributed by atoms with Crippen LogP contribution in [-0.2, 0) is 11.3 Å². The largest absolute Gasteiger partial charge is 0.497 e. The second-order valence-corrected chi connectivity index (χ2v) is 8.26. The fourth-order valence-corrected chi connectivity index (χ4v) is 3.92. The molecule has 0 aliphatic carbocycles. The number of carbonyl (C=O) groups excluding carboxylic acids is 1. The number of rotatable bonds is 9. The van der Waals surface area contributed by atoms with Crippen LogP contribution in [0.15, 0.2) is 42.5 Å². The summed E-state index contributed by atoms with van der Waals surface area (Å²) in [5, 5.41) is 4.02. The van der Waals surface area contributed by atoms with Gasteiger partial charge in [-0.15, -0.1) is 0 Å². The summed E-state index contributed by atoms with van der Waals surface area (Å²) in [6, 6.07) is 13.7. The fraction of sp³-hybridized carbons (Fsp3) is 0.435. The average Bonchev–Trinajstić information content (AvgIpc) is 2.75. The van der Waals surface area contributed by atoms with Crippen molar-refractivity contribution in [2.24, 2.45) is 0 Å². The number of ether oxygens (including phenoxy) is 2. The lowest BCUT2D eigenvalue weighted by atomic mass is 10.0. The number of amides is 1. The van der Waals surface area contributed by atoms with Gasteiger partial charge in [0.1, 0.15) is 16.5 Å². The van der Waals surface area contributed by atoms with Gasteiger partial charge in [0.25, 0.3) is 0 Å². The van der Waals surface area contributed by atoms with Gasteiger partial charge in [0.05, 0.1) is 18.7 Å². The van der Waals surface area contributed by atoms with E-state index in [1.54, 1.807) is 25.3 Å². The summed E-state index contributed by atoms with van der Waals surface area (Å²) < 4.78 is 10.9. The van der Waals surface area contributed by atoms with Gasteiger partial charge in [-0.25, -0.2) is 0 Å². The first kappa shape index (κ1) is 22.7. The minimum atomic E-state index is 0.0713. The van der Waals surface area contributed by atoms with Gasteiger partial charge in [-0.1, -0.05) is 41.4 Å². The highest BCUT2D eigenvalue weighted by molar-refractivity contribution is 6.42. The summed E-state index contributed by atoms with van der Waals surface area (Å²) in [5.74, 6) is 1.51. The van der Waals surface area contributed by atoms with Gasteiger partial charge >= 0.3 is 0 Å². The predicted octanol–water partition coefficient (Wildman–Crippen LogP) is 4.94. The van der Waals surface area contributed by atoms with E-state index in [-0.39, 0.29) is 11.9 Å². The molecule has 5 nitrogen and oxygen atoms in total. The van der Waals surface area contributed by atoms with Crippen molar-refractivity contribution < 1.29 is 14.3 Å². The highest BCUT2D eigenvalue weighted by Crippen LogP contribution is 2.31. The van der Waals surface area contributed by atoms with Crippen LogP contribution in [0.25, 0.3) is 0 Å². The van der Waals surface area contributed by atoms with Gasteiger partial charge in [0.15, 0.2) is 0 Å². The van der Waals surface area contributed by atoms with Crippen molar-refractivity contribution in [3.8, 4) is 11.5 Å². The number of likely N-dealkylation sites (tertiary alicyclic amines) is 1. The van der Waals surface area contributed by atoms with Crippen molar-refractivity contribution >= 4 is 29.1 Å². The molecule has 1 saturated heterocycles. The maximum atomic E-state index is 12.2. The summed E-state index contributed by atoms with van der Waals surface area (Å²) in [6.45, 7) is 3.27. The molecule has 3 rings (SSSR count). The second kappa shape index (κ2) is 11.4. The first-order valence-electron chi connectivity index (χ1n) is 10.3. The molecule has 0 saturated carbocycles. The van der Waals surface area contributed by atoms with Crippen molar-refractivity contribution in [3.63, 3.8) is 0 Å². The zero-order chi connectivity index (χ0) is 21.3. The van der Waals surface area contributed by atoms with Gasteiger partial charge in [-0.05, 0) is 49.1 Å². The minimum Gasteiger partial charge on any atom is -0.497 e. The van der Waals surface area contributed by atoms with Crippen LogP contribution >= 0.6 is 23.2 Å². The van der Waals surface area contributed by atoms with E-state index in [0.29, 0.717) is 35.2 Å². The van der Waals surface area contributed by atoms with Crippen molar-refractivity contribution in [2.75, 3.05) is 26.8 Å². The molecule has 2 aromatic rings. The number of hydrogen-bond donors (Lipinski definition) is 1.